The number of carbonyl (C=O) groups is 2. The molecule has 0 aromatic rings. The van der Waals surface area contributed by atoms with E-state index in [-0.39, 0.29) is 18.4 Å². The lowest BCUT2D eigenvalue weighted by atomic mass is 9.88. The van der Waals surface area contributed by atoms with Crippen LogP contribution < -0.4 is 5.32 Å². The fourth-order valence-electron chi connectivity index (χ4n) is 2.30. The Hall–Kier alpha value is -1.22. The van der Waals surface area contributed by atoms with E-state index in [0.717, 1.165) is 0 Å². The maximum absolute atomic E-state index is 11.5. The van der Waals surface area contributed by atoms with Crippen molar-refractivity contribution in [3.05, 3.63) is 6.10 Å². The molecule has 2 fully saturated rings. The highest BCUT2D eigenvalue weighted by molar-refractivity contribution is 5.84. The van der Waals surface area contributed by atoms with Gasteiger partial charge in [0, 0.05) is 13.3 Å². The number of aliphatic hydroxyl groups excluding tert-OH is 3. The summed E-state index contributed by atoms with van der Waals surface area (Å²) >= 11 is 0. The zero-order chi connectivity index (χ0) is 14.2. The molecule has 2 bridgehead atoms. The zero-order valence-electron chi connectivity index (χ0n) is 10.3. The molecule has 2 heterocycles. The van der Waals surface area contributed by atoms with Crippen LogP contribution in [0.25, 0.3) is 0 Å². The first-order valence-electron chi connectivity index (χ1n) is 5.91. The van der Waals surface area contributed by atoms with E-state index in [1.165, 1.54) is 6.92 Å². The molecule has 0 saturated carbocycles. The molecule has 1 amide bonds. The van der Waals surface area contributed by atoms with Gasteiger partial charge in [0.25, 0.3) is 0 Å². The second-order valence-corrected chi connectivity index (χ2v) is 4.62. The van der Waals surface area contributed by atoms with Gasteiger partial charge in [-0.15, -0.1) is 0 Å². The van der Waals surface area contributed by atoms with E-state index >= 15 is 0 Å². The lowest BCUT2D eigenvalue weighted by molar-refractivity contribution is -0.218. The van der Waals surface area contributed by atoms with Crippen molar-refractivity contribution < 1.29 is 34.4 Å². The lowest BCUT2D eigenvalue weighted by Gasteiger charge is -2.46. The van der Waals surface area contributed by atoms with Crippen LogP contribution in [-0.2, 0) is 19.1 Å². The number of nitrogens with one attached hydrogen (secondary N) is 1. The molecule has 107 valence electrons. The van der Waals surface area contributed by atoms with E-state index in [4.69, 9.17) is 14.6 Å². The van der Waals surface area contributed by atoms with Crippen LogP contribution in [0.1, 0.15) is 13.3 Å². The number of fused-ring (bicyclic) bond motifs is 2. The van der Waals surface area contributed by atoms with E-state index in [1.54, 1.807) is 0 Å². The van der Waals surface area contributed by atoms with Crippen molar-refractivity contribution >= 4 is 11.9 Å². The number of cyclic esters (lactones) is 1. The number of ether oxygens (including phenoxy) is 2. The van der Waals surface area contributed by atoms with Crippen LogP contribution in [0.3, 0.4) is 0 Å². The minimum absolute atomic E-state index is 0.0412. The smallest absolute Gasteiger partial charge is 0.342 e. The Morgan fingerprint density at radius 3 is 2.79 bits per heavy atom. The molecule has 0 aliphatic carbocycles. The zero-order valence-corrected chi connectivity index (χ0v) is 10.3. The summed E-state index contributed by atoms with van der Waals surface area (Å²) in [5.41, 5.74) is 0. The minimum Gasteiger partial charge on any atom is -0.454 e. The highest BCUT2D eigenvalue weighted by Gasteiger charge is 2.53. The van der Waals surface area contributed by atoms with E-state index in [1.807, 2.05) is 0 Å². The molecule has 0 aromatic heterocycles. The summed E-state index contributed by atoms with van der Waals surface area (Å²) in [6, 6.07) is -0.819. The van der Waals surface area contributed by atoms with Crippen molar-refractivity contribution in [1.82, 2.24) is 5.32 Å². The topological polar surface area (TPSA) is 125 Å². The molecule has 2 aliphatic rings. The van der Waals surface area contributed by atoms with Crippen LogP contribution in [0.5, 0.6) is 0 Å². The third kappa shape index (κ3) is 2.71. The number of aliphatic hydroxyl groups is 3. The Morgan fingerprint density at radius 2 is 2.21 bits per heavy atom. The lowest BCUT2D eigenvalue weighted by Crippen LogP contribution is -2.65. The number of esters is 1. The van der Waals surface area contributed by atoms with Crippen LogP contribution in [0.4, 0.5) is 0 Å². The summed E-state index contributed by atoms with van der Waals surface area (Å²) < 4.78 is 10.3. The molecule has 0 unspecified atom stereocenters. The Kier molecular flexibility index (Phi) is 4.04. The molecule has 8 nitrogen and oxygen atoms in total. The maximum Gasteiger partial charge on any atom is 0.342 e. The van der Waals surface area contributed by atoms with E-state index in [9.17, 15) is 19.8 Å². The summed E-state index contributed by atoms with van der Waals surface area (Å²) in [7, 11) is 0. The van der Waals surface area contributed by atoms with Gasteiger partial charge in [-0.3, -0.25) is 4.79 Å². The third-order valence-corrected chi connectivity index (χ3v) is 3.17. The number of hydrogen-bond acceptors (Lipinski definition) is 7. The van der Waals surface area contributed by atoms with Crippen molar-refractivity contribution in [2.24, 2.45) is 0 Å². The van der Waals surface area contributed by atoms with E-state index in [0.29, 0.717) is 0 Å². The van der Waals surface area contributed by atoms with Gasteiger partial charge in [0.2, 0.25) is 12.0 Å². The number of hydrogen-bond donors (Lipinski definition) is 4. The minimum atomic E-state index is -1.35. The highest BCUT2D eigenvalue weighted by atomic mass is 16.6. The second kappa shape index (κ2) is 5.41. The van der Waals surface area contributed by atoms with Gasteiger partial charge in [-0.2, -0.15) is 0 Å². The highest BCUT2D eigenvalue weighted by Crippen LogP contribution is 2.34. The average Bonchev–Trinajstić information content (AvgIpc) is 2.36. The summed E-state index contributed by atoms with van der Waals surface area (Å²) in [6.45, 7) is 0.647. The average molecular weight is 274 g/mol. The van der Waals surface area contributed by atoms with Gasteiger partial charge in [0.15, 0.2) is 6.10 Å². The largest absolute Gasteiger partial charge is 0.454 e. The van der Waals surface area contributed by atoms with Crippen molar-refractivity contribution in [3.63, 3.8) is 0 Å². The maximum atomic E-state index is 11.5. The first kappa shape index (κ1) is 14.2. The molecular formula is C11H16NO7. The Morgan fingerprint density at radius 1 is 1.53 bits per heavy atom. The fraction of sp³-hybridized carbons (Fsp3) is 0.727. The Labute approximate surface area is 109 Å². The Bertz CT molecular complexity index is 372. The predicted molar refractivity (Wildman–Crippen MR) is 59.3 cm³/mol. The molecule has 4 N–H and O–H groups in total. The molecule has 2 saturated heterocycles. The van der Waals surface area contributed by atoms with Crippen molar-refractivity contribution in [2.75, 3.05) is 6.61 Å². The monoisotopic (exact) mass is 274 g/mol. The first-order chi connectivity index (χ1) is 8.93. The molecule has 5 atom stereocenters. The van der Waals surface area contributed by atoms with Gasteiger partial charge in [-0.25, -0.2) is 4.79 Å². The summed E-state index contributed by atoms with van der Waals surface area (Å²) in [5.74, 6) is -1.15. The normalized spacial score (nSPS) is 36.5. The third-order valence-electron chi connectivity index (χ3n) is 3.17. The SMILES string of the molecule is CC(=O)N[C@H]1[C@H]2O[C](C[C@@H]1O)C(=O)O[C@@H]2[C@H](O)CO. The second-order valence-electron chi connectivity index (χ2n) is 4.62. The van der Waals surface area contributed by atoms with Gasteiger partial charge >= 0.3 is 5.97 Å². The molecular weight excluding hydrogens is 258 g/mol. The summed E-state index contributed by atoms with van der Waals surface area (Å²) in [4.78, 5) is 22.7. The van der Waals surface area contributed by atoms with Gasteiger partial charge in [-0.05, 0) is 0 Å². The Balaban J connectivity index is 2.22. The molecule has 2 aliphatic heterocycles. The van der Waals surface area contributed by atoms with Gasteiger partial charge in [0.1, 0.15) is 12.2 Å². The van der Waals surface area contributed by atoms with Crippen LogP contribution >= 0.6 is 0 Å². The number of carbonyl (C=O) groups excluding carboxylic acids is 2. The van der Waals surface area contributed by atoms with Crippen molar-refractivity contribution in [1.29, 1.82) is 0 Å². The van der Waals surface area contributed by atoms with E-state index < -0.39 is 43.0 Å². The number of rotatable bonds is 3. The predicted octanol–water partition coefficient (Wildman–Crippen LogP) is -2.55. The van der Waals surface area contributed by atoms with E-state index in [2.05, 4.69) is 5.32 Å². The van der Waals surface area contributed by atoms with Crippen LogP contribution in [0.2, 0.25) is 0 Å². The molecule has 0 spiro atoms. The van der Waals surface area contributed by atoms with Crippen molar-refractivity contribution in [2.45, 2.75) is 43.8 Å². The molecule has 2 rings (SSSR count). The molecule has 8 heteroatoms. The van der Waals surface area contributed by atoms with Crippen LogP contribution in [0.15, 0.2) is 0 Å². The molecule has 19 heavy (non-hydrogen) atoms. The van der Waals surface area contributed by atoms with Crippen LogP contribution in [-0.4, -0.2) is 64.3 Å². The fourth-order valence-corrected chi connectivity index (χ4v) is 2.30. The standard InChI is InChI=1S/C11H16NO7/c1-4(14)12-8-5(15)2-7-11(17)19-9(6(16)3-13)10(8)18-7/h5-6,8-10,13,15-16H,2-3H2,1H3,(H,12,14)/t5-,6+,8+,9+,10+/m0/s1. The van der Waals surface area contributed by atoms with Crippen molar-refractivity contribution in [3.8, 4) is 0 Å². The van der Waals surface area contributed by atoms with Gasteiger partial charge in [0.05, 0.1) is 18.8 Å². The summed E-state index contributed by atoms with van der Waals surface area (Å²) in [6.07, 6.45) is -4.55. The first-order valence-corrected chi connectivity index (χ1v) is 5.91. The van der Waals surface area contributed by atoms with Crippen LogP contribution in [0, 0.1) is 6.10 Å². The molecule has 0 aromatic carbocycles. The van der Waals surface area contributed by atoms with Gasteiger partial charge < -0.3 is 30.1 Å². The quantitative estimate of drug-likeness (QED) is 0.417. The summed E-state index contributed by atoms with van der Waals surface area (Å²) in [5, 5.41) is 31.0. The van der Waals surface area contributed by atoms with Gasteiger partial charge in [-0.1, -0.05) is 0 Å². The number of amides is 1. The molecule has 1 radical (unpaired) electrons.